The molecular weight excluding hydrogens is 328 g/mol. The van der Waals surface area contributed by atoms with Crippen LogP contribution in [-0.4, -0.2) is 11.1 Å². The van der Waals surface area contributed by atoms with Crippen LogP contribution >= 0.6 is 23.4 Å². The van der Waals surface area contributed by atoms with E-state index in [4.69, 9.17) is 11.6 Å². The lowest BCUT2D eigenvalue weighted by Gasteiger charge is -2.02. The van der Waals surface area contributed by atoms with Crippen LogP contribution in [0.15, 0.2) is 58.4 Å². The quantitative estimate of drug-likeness (QED) is 0.814. The summed E-state index contributed by atoms with van der Waals surface area (Å²) in [6.45, 7) is 2.09. The molecule has 1 amide bonds. The molecule has 0 saturated carbocycles. The van der Waals surface area contributed by atoms with Gasteiger partial charge in [0.15, 0.2) is 5.17 Å². The molecule has 3 rings (SSSR count). The first-order chi connectivity index (χ1) is 11.2. The largest absolute Gasteiger partial charge is 0.300 e. The number of nitrogens with one attached hydrogen (secondary N) is 1. The highest BCUT2D eigenvalue weighted by molar-refractivity contribution is 8.18. The van der Waals surface area contributed by atoms with Crippen molar-refractivity contribution in [3.63, 3.8) is 0 Å². The van der Waals surface area contributed by atoms with E-state index < -0.39 is 0 Å². The highest BCUT2D eigenvalue weighted by Crippen LogP contribution is 2.29. The average molecular weight is 343 g/mol. The number of benzene rings is 2. The maximum Gasteiger partial charge on any atom is 0.264 e. The van der Waals surface area contributed by atoms with E-state index in [1.807, 2.05) is 42.5 Å². The minimum atomic E-state index is -0.127. The molecule has 0 radical (unpaired) electrons. The fraction of sp³-hybridized carbons (Fsp3) is 0.111. The summed E-state index contributed by atoms with van der Waals surface area (Å²) in [5, 5.41) is 4.10. The van der Waals surface area contributed by atoms with Crippen molar-refractivity contribution in [2.24, 2.45) is 4.99 Å². The van der Waals surface area contributed by atoms with E-state index in [0.717, 1.165) is 23.2 Å². The van der Waals surface area contributed by atoms with Crippen LogP contribution in [0.5, 0.6) is 0 Å². The first kappa shape index (κ1) is 15.8. The van der Waals surface area contributed by atoms with E-state index >= 15 is 0 Å². The van der Waals surface area contributed by atoms with Gasteiger partial charge >= 0.3 is 0 Å². The summed E-state index contributed by atoms with van der Waals surface area (Å²) >= 11 is 7.22. The highest BCUT2D eigenvalue weighted by atomic mass is 35.5. The SMILES string of the molecule is CCc1ccccc1N=C1NC(=O)/C(=C/c2ccc(Cl)cc2)S1. The van der Waals surface area contributed by atoms with Crippen LogP contribution in [0, 0.1) is 0 Å². The molecule has 0 unspecified atom stereocenters. The van der Waals surface area contributed by atoms with Crippen molar-refractivity contribution in [1.82, 2.24) is 5.32 Å². The van der Waals surface area contributed by atoms with E-state index in [9.17, 15) is 4.79 Å². The fourth-order valence-electron chi connectivity index (χ4n) is 2.22. The number of rotatable bonds is 3. The first-order valence-corrected chi connectivity index (χ1v) is 8.48. The van der Waals surface area contributed by atoms with Crippen LogP contribution in [-0.2, 0) is 11.2 Å². The normalized spacial score (nSPS) is 17.7. The Bertz CT molecular complexity index is 797. The topological polar surface area (TPSA) is 41.5 Å². The lowest BCUT2D eigenvalue weighted by Crippen LogP contribution is -2.19. The Morgan fingerprint density at radius 1 is 1.17 bits per heavy atom. The van der Waals surface area contributed by atoms with Crippen LogP contribution < -0.4 is 5.32 Å². The fourth-order valence-corrected chi connectivity index (χ4v) is 3.18. The number of aliphatic imine (C=N–C) groups is 1. The maximum absolute atomic E-state index is 12.1. The van der Waals surface area contributed by atoms with Gasteiger partial charge in [-0.15, -0.1) is 0 Å². The molecule has 23 heavy (non-hydrogen) atoms. The Hall–Kier alpha value is -2.04. The van der Waals surface area contributed by atoms with Crippen molar-refractivity contribution in [3.05, 3.63) is 69.6 Å². The molecule has 1 aliphatic rings. The summed E-state index contributed by atoms with van der Waals surface area (Å²) < 4.78 is 0. The number of hydrogen-bond donors (Lipinski definition) is 1. The number of carbonyl (C=O) groups is 1. The lowest BCUT2D eigenvalue weighted by molar-refractivity contribution is -0.115. The predicted molar refractivity (Wildman–Crippen MR) is 98.1 cm³/mol. The van der Waals surface area contributed by atoms with Gasteiger partial charge in [0.05, 0.1) is 10.6 Å². The van der Waals surface area contributed by atoms with Gasteiger partial charge in [-0.3, -0.25) is 4.79 Å². The molecule has 0 aromatic heterocycles. The molecule has 1 fully saturated rings. The third kappa shape index (κ3) is 3.84. The lowest BCUT2D eigenvalue weighted by atomic mass is 10.1. The monoisotopic (exact) mass is 342 g/mol. The Kier molecular flexibility index (Phi) is 4.84. The third-order valence-corrected chi connectivity index (χ3v) is 4.58. The number of amidine groups is 1. The molecule has 3 nitrogen and oxygen atoms in total. The summed E-state index contributed by atoms with van der Waals surface area (Å²) in [6, 6.07) is 15.3. The Morgan fingerprint density at radius 2 is 1.91 bits per heavy atom. The minimum absolute atomic E-state index is 0.127. The van der Waals surface area contributed by atoms with Gasteiger partial charge < -0.3 is 5.32 Å². The van der Waals surface area contributed by atoms with Crippen molar-refractivity contribution >= 4 is 46.2 Å². The van der Waals surface area contributed by atoms with Crippen molar-refractivity contribution in [3.8, 4) is 0 Å². The van der Waals surface area contributed by atoms with Gasteiger partial charge in [0.1, 0.15) is 0 Å². The van der Waals surface area contributed by atoms with E-state index in [1.54, 1.807) is 12.1 Å². The van der Waals surface area contributed by atoms with Gasteiger partial charge in [0.25, 0.3) is 5.91 Å². The molecule has 0 atom stereocenters. The summed E-state index contributed by atoms with van der Waals surface area (Å²) in [5.74, 6) is -0.127. The Morgan fingerprint density at radius 3 is 2.65 bits per heavy atom. The number of halogens is 1. The number of amides is 1. The number of hydrogen-bond acceptors (Lipinski definition) is 3. The molecule has 1 saturated heterocycles. The Balaban J connectivity index is 1.84. The molecule has 2 aromatic carbocycles. The second-order valence-electron chi connectivity index (χ2n) is 5.02. The second kappa shape index (κ2) is 7.02. The number of nitrogens with zero attached hydrogens (tertiary/aromatic N) is 1. The maximum atomic E-state index is 12.1. The van der Waals surface area contributed by atoms with Gasteiger partial charge in [0, 0.05) is 5.02 Å². The molecule has 5 heteroatoms. The van der Waals surface area contributed by atoms with Gasteiger partial charge in [-0.05, 0) is 53.6 Å². The average Bonchev–Trinajstić information content (AvgIpc) is 2.89. The van der Waals surface area contributed by atoms with Gasteiger partial charge in [-0.25, -0.2) is 4.99 Å². The molecule has 1 heterocycles. The molecule has 2 aromatic rings. The summed E-state index contributed by atoms with van der Waals surface area (Å²) in [5.41, 5.74) is 2.98. The first-order valence-electron chi connectivity index (χ1n) is 7.29. The standard InChI is InChI=1S/C18H15ClN2OS/c1-2-13-5-3-4-6-15(13)20-18-21-17(22)16(23-18)11-12-7-9-14(19)10-8-12/h3-11H,2H2,1H3,(H,20,21,22)/b16-11-. The molecule has 116 valence electrons. The van der Waals surface area contributed by atoms with Crippen LogP contribution in [0.4, 0.5) is 5.69 Å². The van der Waals surface area contributed by atoms with Crippen molar-refractivity contribution in [2.75, 3.05) is 0 Å². The molecular formula is C18H15ClN2OS. The Labute approximate surface area is 144 Å². The summed E-state index contributed by atoms with van der Waals surface area (Å²) in [4.78, 5) is 17.3. The van der Waals surface area contributed by atoms with Gasteiger partial charge in [-0.2, -0.15) is 0 Å². The highest BCUT2D eigenvalue weighted by Gasteiger charge is 2.23. The molecule has 0 spiro atoms. The van der Waals surface area contributed by atoms with E-state index in [1.165, 1.54) is 11.8 Å². The van der Waals surface area contributed by atoms with Crippen LogP contribution in [0.3, 0.4) is 0 Å². The second-order valence-corrected chi connectivity index (χ2v) is 6.48. The smallest absolute Gasteiger partial charge is 0.264 e. The van der Waals surface area contributed by atoms with E-state index in [-0.39, 0.29) is 5.91 Å². The number of para-hydroxylation sites is 1. The van der Waals surface area contributed by atoms with Crippen LogP contribution in [0.2, 0.25) is 5.02 Å². The molecule has 0 aliphatic carbocycles. The number of thioether (sulfide) groups is 1. The number of aryl methyl sites for hydroxylation is 1. The van der Waals surface area contributed by atoms with Gasteiger partial charge in [0.2, 0.25) is 0 Å². The van der Waals surface area contributed by atoms with Crippen molar-refractivity contribution < 1.29 is 4.79 Å². The van der Waals surface area contributed by atoms with E-state index in [2.05, 4.69) is 17.2 Å². The molecule has 1 N–H and O–H groups in total. The zero-order valence-corrected chi connectivity index (χ0v) is 14.1. The van der Waals surface area contributed by atoms with Crippen LogP contribution in [0.25, 0.3) is 6.08 Å². The van der Waals surface area contributed by atoms with E-state index in [0.29, 0.717) is 15.1 Å². The molecule has 0 bridgehead atoms. The van der Waals surface area contributed by atoms with Crippen molar-refractivity contribution in [2.45, 2.75) is 13.3 Å². The third-order valence-electron chi connectivity index (χ3n) is 3.41. The summed E-state index contributed by atoms with van der Waals surface area (Å²) in [6.07, 6.45) is 2.74. The predicted octanol–water partition coefficient (Wildman–Crippen LogP) is 4.79. The number of carbonyl (C=O) groups excluding carboxylic acids is 1. The van der Waals surface area contributed by atoms with Crippen molar-refractivity contribution in [1.29, 1.82) is 0 Å². The van der Waals surface area contributed by atoms with Gasteiger partial charge in [-0.1, -0.05) is 48.9 Å². The van der Waals surface area contributed by atoms with Crippen LogP contribution in [0.1, 0.15) is 18.1 Å². The summed E-state index contributed by atoms with van der Waals surface area (Å²) in [7, 11) is 0. The minimum Gasteiger partial charge on any atom is -0.300 e. The zero-order chi connectivity index (χ0) is 16.2. The molecule has 1 aliphatic heterocycles. The zero-order valence-electron chi connectivity index (χ0n) is 12.5.